The zero-order valence-corrected chi connectivity index (χ0v) is 15.6. The minimum Gasteiger partial charge on any atom is -0.504 e. The highest BCUT2D eigenvalue weighted by molar-refractivity contribution is 7.89. The summed E-state index contributed by atoms with van der Waals surface area (Å²) in [7, 11) is -2.58. The second-order valence-corrected chi connectivity index (χ2v) is 7.56. The molecule has 2 N–H and O–H groups in total. The molecule has 0 aromatic heterocycles. The van der Waals surface area contributed by atoms with Gasteiger partial charge in [0.05, 0.1) is 18.0 Å². The summed E-state index contributed by atoms with van der Waals surface area (Å²) in [6, 6.07) is 9.78. The highest BCUT2D eigenvalue weighted by Crippen LogP contribution is 2.36. The van der Waals surface area contributed by atoms with Crippen LogP contribution in [0.1, 0.15) is 24.1 Å². The van der Waals surface area contributed by atoms with Crippen LogP contribution in [0.2, 0.25) is 0 Å². The Labute approximate surface area is 153 Å². The molecule has 0 bridgehead atoms. The Morgan fingerprint density at radius 2 is 1.81 bits per heavy atom. The third kappa shape index (κ3) is 4.12. The lowest BCUT2D eigenvalue weighted by molar-refractivity contribution is -0.113. The molecule has 0 radical (unpaired) electrons. The van der Waals surface area contributed by atoms with Gasteiger partial charge in [0.25, 0.3) is 0 Å². The highest BCUT2D eigenvalue weighted by atomic mass is 32.2. The number of carbonyl (C=O) groups is 1. The average molecular weight is 375 g/mol. The smallest absolute Gasteiger partial charge is 0.241 e. The Morgan fingerprint density at radius 1 is 1.19 bits per heavy atom. The number of benzene rings is 2. The van der Waals surface area contributed by atoms with Crippen LogP contribution in [0.5, 0.6) is 11.5 Å². The van der Waals surface area contributed by atoms with E-state index < -0.39 is 21.8 Å². The number of nitrogens with one attached hydrogen (secondary N) is 1. The Morgan fingerprint density at radius 3 is 2.35 bits per heavy atom. The molecule has 0 saturated carbocycles. The van der Waals surface area contributed by atoms with E-state index in [4.69, 9.17) is 4.74 Å². The Kier molecular flexibility index (Phi) is 5.84. The number of ketones is 1. The largest absolute Gasteiger partial charge is 0.504 e. The molecular formula is C19H21NO5S. The predicted octanol–water partition coefficient (Wildman–Crippen LogP) is 2.87. The lowest BCUT2D eigenvalue weighted by atomic mass is 9.97. The fourth-order valence-corrected chi connectivity index (χ4v) is 3.61. The molecule has 7 heteroatoms. The summed E-state index contributed by atoms with van der Waals surface area (Å²) in [4.78, 5) is 11.9. The van der Waals surface area contributed by atoms with Gasteiger partial charge in [-0.2, -0.15) is 4.72 Å². The normalized spacial score (nSPS) is 12.4. The second kappa shape index (κ2) is 7.72. The number of aromatic hydroxyl groups is 1. The van der Waals surface area contributed by atoms with Crippen molar-refractivity contribution in [2.24, 2.45) is 0 Å². The molecule has 2 rings (SSSR count). The Hall–Kier alpha value is -2.64. The lowest BCUT2D eigenvalue weighted by Gasteiger charge is -2.22. The van der Waals surface area contributed by atoms with E-state index in [1.165, 1.54) is 38.3 Å². The molecule has 0 spiro atoms. The number of ether oxygens (including phenoxy) is 1. The summed E-state index contributed by atoms with van der Waals surface area (Å²) >= 11 is 0. The van der Waals surface area contributed by atoms with Gasteiger partial charge in [-0.1, -0.05) is 36.4 Å². The van der Waals surface area contributed by atoms with E-state index in [9.17, 15) is 18.3 Å². The van der Waals surface area contributed by atoms with Crippen molar-refractivity contribution in [3.8, 4) is 11.5 Å². The van der Waals surface area contributed by atoms with Crippen molar-refractivity contribution in [3.05, 3.63) is 65.7 Å². The molecule has 0 heterocycles. The number of carbonyl (C=O) groups excluding carboxylic acids is 1. The number of phenolic OH excluding ortho intramolecular Hbond substituents is 1. The van der Waals surface area contributed by atoms with Gasteiger partial charge in [-0.3, -0.25) is 4.79 Å². The van der Waals surface area contributed by atoms with Crippen LogP contribution in [0.15, 0.2) is 59.5 Å². The molecule has 138 valence electrons. The summed E-state index contributed by atoms with van der Waals surface area (Å²) in [6.07, 6.45) is 0. The zero-order valence-electron chi connectivity index (χ0n) is 14.8. The van der Waals surface area contributed by atoms with Crippen LogP contribution in [0.4, 0.5) is 0 Å². The van der Waals surface area contributed by atoms with Crippen LogP contribution < -0.4 is 9.46 Å². The third-order valence-corrected chi connectivity index (χ3v) is 5.40. The van der Waals surface area contributed by atoms with Crippen molar-refractivity contribution in [2.45, 2.75) is 24.8 Å². The van der Waals surface area contributed by atoms with E-state index >= 15 is 0 Å². The fraction of sp³-hybridized carbons (Fsp3) is 0.211. The Balaban J connectivity index is 2.51. The maximum Gasteiger partial charge on any atom is 0.241 e. The van der Waals surface area contributed by atoms with Gasteiger partial charge in [0, 0.05) is 11.1 Å². The summed E-state index contributed by atoms with van der Waals surface area (Å²) in [5.74, 6) is -0.490. The summed E-state index contributed by atoms with van der Waals surface area (Å²) < 4.78 is 33.0. The summed E-state index contributed by atoms with van der Waals surface area (Å²) in [5.41, 5.74) is 1.10. The van der Waals surface area contributed by atoms with E-state index in [-0.39, 0.29) is 27.5 Å². The van der Waals surface area contributed by atoms with Crippen molar-refractivity contribution >= 4 is 15.8 Å². The molecule has 0 aliphatic heterocycles. The van der Waals surface area contributed by atoms with Crippen LogP contribution in [0.3, 0.4) is 0 Å². The number of sulfonamides is 1. The van der Waals surface area contributed by atoms with Crippen LogP contribution in [0.25, 0.3) is 0 Å². The van der Waals surface area contributed by atoms with Crippen LogP contribution in [0, 0.1) is 6.92 Å². The first-order valence-corrected chi connectivity index (χ1v) is 9.30. The molecule has 2 aromatic carbocycles. The van der Waals surface area contributed by atoms with Gasteiger partial charge in [-0.15, -0.1) is 0 Å². The molecule has 0 unspecified atom stereocenters. The first-order valence-electron chi connectivity index (χ1n) is 7.82. The number of methoxy groups -OCH3 is 1. The van der Waals surface area contributed by atoms with Gasteiger partial charge in [0.2, 0.25) is 10.0 Å². The number of rotatable bonds is 7. The van der Waals surface area contributed by atoms with E-state index in [2.05, 4.69) is 11.3 Å². The lowest BCUT2D eigenvalue weighted by Crippen LogP contribution is -2.31. The molecule has 26 heavy (non-hydrogen) atoms. The number of phenols is 1. The molecule has 0 aliphatic carbocycles. The van der Waals surface area contributed by atoms with Crippen LogP contribution >= 0.6 is 0 Å². The van der Waals surface area contributed by atoms with E-state index in [0.717, 1.165) is 5.56 Å². The number of aryl methyl sites for hydroxylation is 1. The SMILES string of the molecule is C=C(C(C)=O)[C@@H](NS(=O)(=O)c1ccc(C)cc1)c1cccc(OC)c1O. The first-order chi connectivity index (χ1) is 12.2. The number of Topliss-reactive ketones (excluding diaryl/α,β-unsaturated/α-hetero) is 1. The minimum atomic E-state index is -3.95. The number of para-hydroxylation sites is 1. The summed E-state index contributed by atoms with van der Waals surface area (Å²) in [6.45, 7) is 6.82. The zero-order chi connectivity index (χ0) is 19.5. The van der Waals surface area contributed by atoms with Crippen molar-refractivity contribution < 1.29 is 23.1 Å². The fourth-order valence-electron chi connectivity index (χ4n) is 2.40. The van der Waals surface area contributed by atoms with Gasteiger partial charge >= 0.3 is 0 Å². The molecule has 0 saturated heterocycles. The highest BCUT2D eigenvalue weighted by Gasteiger charge is 2.28. The van der Waals surface area contributed by atoms with Crippen molar-refractivity contribution in [2.75, 3.05) is 7.11 Å². The van der Waals surface area contributed by atoms with Gasteiger partial charge in [-0.05, 0) is 32.0 Å². The van der Waals surface area contributed by atoms with Crippen LogP contribution in [-0.2, 0) is 14.8 Å². The predicted molar refractivity (Wildman–Crippen MR) is 98.7 cm³/mol. The minimum absolute atomic E-state index is 0.00393. The molecule has 1 atom stereocenters. The molecule has 0 amide bonds. The number of hydrogen-bond donors (Lipinski definition) is 2. The monoisotopic (exact) mass is 375 g/mol. The van der Waals surface area contributed by atoms with Gasteiger partial charge < -0.3 is 9.84 Å². The maximum absolute atomic E-state index is 12.7. The van der Waals surface area contributed by atoms with Crippen molar-refractivity contribution in [1.82, 2.24) is 4.72 Å². The Bertz CT molecular complexity index is 933. The van der Waals surface area contributed by atoms with Crippen molar-refractivity contribution in [3.63, 3.8) is 0 Å². The topological polar surface area (TPSA) is 92.7 Å². The molecule has 0 fully saturated rings. The third-order valence-electron chi connectivity index (χ3n) is 3.97. The van der Waals surface area contributed by atoms with Crippen molar-refractivity contribution in [1.29, 1.82) is 0 Å². The van der Waals surface area contributed by atoms with Gasteiger partial charge in [-0.25, -0.2) is 8.42 Å². The average Bonchev–Trinajstić information content (AvgIpc) is 2.60. The summed E-state index contributed by atoms with van der Waals surface area (Å²) in [5, 5.41) is 10.4. The molecule has 0 aliphatic rings. The maximum atomic E-state index is 12.7. The molecule has 2 aromatic rings. The standard InChI is InChI=1S/C19H21NO5S/c1-12-8-10-15(11-9-12)26(23,24)20-18(13(2)14(3)21)16-6-5-7-17(25-4)19(16)22/h5-11,18,20,22H,2H2,1,3-4H3/t18-/m1/s1. The second-order valence-electron chi connectivity index (χ2n) is 5.85. The van der Waals surface area contributed by atoms with Crippen LogP contribution in [-0.4, -0.2) is 26.4 Å². The molecule has 6 nitrogen and oxygen atoms in total. The molecular weight excluding hydrogens is 354 g/mol. The van der Waals surface area contributed by atoms with Gasteiger partial charge in [0.1, 0.15) is 0 Å². The first kappa shape index (κ1) is 19.7. The quantitative estimate of drug-likeness (QED) is 0.726. The van der Waals surface area contributed by atoms with Gasteiger partial charge in [0.15, 0.2) is 17.3 Å². The van der Waals surface area contributed by atoms with E-state index in [0.29, 0.717) is 0 Å². The number of hydrogen-bond acceptors (Lipinski definition) is 5. The van der Waals surface area contributed by atoms with E-state index in [1.54, 1.807) is 18.2 Å². The van der Waals surface area contributed by atoms with E-state index in [1.807, 2.05) is 6.92 Å².